The summed E-state index contributed by atoms with van der Waals surface area (Å²) in [5.74, 6) is 0.303. The molecule has 1 N–H and O–H groups in total. The summed E-state index contributed by atoms with van der Waals surface area (Å²) in [6, 6.07) is 5.21. The van der Waals surface area contributed by atoms with E-state index in [-0.39, 0.29) is 6.09 Å². The number of carboxylic acid groups (broad SMARTS) is 1. The van der Waals surface area contributed by atoms with Gasteiger partial charge in [-0.15, -0.1) is 0 Å². The molecule has 0 atom stereocenters. The molecule has 0 aromatic heterocycles. The first-order chi connectivity index (χ1) is 10.2. The molecule has 0 saturated carbocycles. The average Bonchev–Trinajstić information content (AvgIpc) is 2.58. The van der Waals surface area contributed by atoms with Gasteiger partial charge in [0.1, 0.15) is 11.4 Å². The molecule has 1 aromatic carbocycles. The van der Waals surface area contributed by atoms with Crippen molar-refractivity contribution in [2.24, 2.45) is 0 Å². The summed E-state index contributed by atoms with van der Waals surface area (Å²) < 4.78 is 10.1. The Hall–Kier alpha value is -2.24. The summed E-state index contributed by atoms with van der Waals surface area (Å²) >= 11 is 0. The molecule has 0 bridgehead atoms. The lowest BCUT2D eigenvalue weighted by atomic mass is 10.0. The zero-order valence-corrected chi connectivity index (χ0v) is 13.1. The van der Waals surface area contributed by atoms with Crippen LogP contribution < -0.4 is 4.74 Å². The Morgan fingerprint density at radius 3 is 2.36 bits per heavy atom. The maximum atomic E-state index is 12.1. The van der Waals surface area contributed by atoms with Crippen LogP contribution >= 0.6 is 0 Å². The van der Waals surface area contributed by atoms with Gasteiger partial charge in [-0.05, 0) is 56.9 Å². The van der Waals surface area contributed by atoms with Gasteiger partial charge in [-0.3, -0.25) is 0 Å². The molecule has 120 valence electrons. The Morgan fingerprint density at radius 1 is 1.14 bits per heavy atom. The molecule has 0 aliphatic carbocycles. The van der Waals surface area contributed by atoms with Crippen molar-refractivity contribution >= 4 is 12.2 Å². The van der Waals surface area contributed by atoms with Crippen LogP contribution in [-0.4, -0.2) is 40.9 Å². The molecule has 1 amide bonds. The van der Waals surface area contributed by atoms with Crippen LogP contribution in [0, 0.1) is 0 Å². The third-order valence-corrected chi connectivity index (χ3v) is 3.34. The van der Waals surface area contributed by atoms with Crippen LogP contribution in [0.2, 0.25) is 0 Å². The highest BCUT2D eigenvalue weighted by Crippen LogP contribution is 2.23. The zero-order chi connectivity index (χ0) is 16.3. The van der Waals surface area contributed by atoms with Crippen LogP contribution in [0.4, 0.5) is 9.59 Å². The molecule has 2 rings (SSSR count). The lowest BCUT2D eigenvalue weighted by Gasteiger charge is -2.26. The van der Waals surface area contributed by atoms with Crippen molar-refractivity contribution in [1.29, 1.82) is 0 Å². The van der Waals surface area contributed by atoms with Gasteiger partial charge in [0.25, 0.3) is 0 Å². The van der Waals surface area contributed by atoms with E-state index in [4.69, 9.17) is 9.84 Å². The largest absolute Gasteiger partial charge is 0.511 e. The summed E-state index contributed by atoms with van der Waals surface area (Å²) in [6.45, 7) is 6.65. The maximum Gasteiger partial charge on any atom is 0.511 e. The monoisotopic (exact) mass is 307 g/mol. The second-order valence-electron chi connectivity index (χ2n) is 6.27. The van der Waals surface area contributed by atoms with E-state index in [2.05, 4.69) is 4.74 Å². The van der Waals surface area contributed by atoms with Gasteiger partial charge >= 0.3 is 12.2 Å². The summed E-state index contributed by atoms with van der Waals surface area (Å²) in [4.78, 5) is 24.4. The molecule has 1 aliphatic heterocycles. The Bertz CT molecular complexity index is 576. The lowest BCUT2D eigenvalue weighted by Crippen LogP contribution is -2.38. The number of carbonyl (C=O) groups excluding carboxylic acids is 1. The summed E-state index contributed by atoms with van der Waals surface area (Å²) in [5, 5.41) is 8.66. The number of carbonyl (C=O) groups is 2. The fourth-order valence-corrected chi connectivity index (χ4v) is 2.37. The minimum atomic E-state index is -1.33. The molecule has 0 fully saturated rings. The average molecular weight is 307 g/mol. The Labute approximate surface area is 129 Å². The Balaban J connectivity index is 2.06. The van der Waals surface area contributed by atoms with E-state index in [1.807, 2.05) is 26.8 Å². The van der Waals surface area contributed by atoms with Crippen molar-refractivity contribution in [3.05, 3.63) is 29.3 Å². The van der Waals surface area contributed by atoms with Gasteiger partial charge in [0.2, 0.25) is 0 Å². The maximum absolute atomic E-state index is 12.1. The van der Waals surface area contributed by atoms with Crippen molar-refractivity contribution in [2.45, 2.75) is 39.2 Å². The van der Waals surface area contributed by atoms with Crippen LogP contribution in [0.3, 0.4) is 0 Å². The van der Waals surface area contributed by atoms with Gasteiger partial charge in [-0.1, -0.05) is 6.07 Å². The highest BCUT2D eigenvalue weighted by atomic mass is 16.7. The van der Waals surface area contributed by atoms with Gasteiger partial charge in [0.05, 0.1) is 0 Å². The van der Waals surface area contributed by atoms with E-state index >= 15 is 0 Å². The first-order valence-corrected chi connectivity index (χ1v) is 7.25. The third-order valence-electron chi connectivity index (χ3n) is 3.34. The number of nitrogens with zero attached hydrogens (tertiary/aromatic N) is 1. The molecule has 0 radical (unpaired) electrons. The molecular weight excluding hydrogens is 286 g/mol. The fourth-order valence-electron chi connectivity index (χ4n) is 2.37. The predicted molar refractivity (Wildman–Crippen MR) is 80.3 cm³/mol. The highest BCUT2D eigenvalue weighted by Gasteiger charge is 2.24. The SMILES string of the molecule is CC(C)(C)OC(=O)N1CCc2ccc(OC(=O)O)cc2CC1. The van der Waals surface area contributed by atoms with Gasteiger partial charge in [-0.25, -0.2) is 9.59 Å². The smallest absolute Gasteiger partial charge is 0.449 e. The van der Waals surface area contributed by atoms with Crippen molar-refractivity contribution in [1.82, 2.24) is 4.90 Å². The molecular formula is C16H21NO5. The fraction of sp³-hybridized carbons (Fsp3) is 0.500. The number of ether oxygens (including phenoxy) is 2. The molecule has 6 nitrogen and oxygen atoms in total. The van der Waals surface area contributed by atoms with E-state index in [1.165, 1.54) is 0 Å². The van der Waals surface area contributed by atoms with Crippen molar-refractivity contribution < 1.29 is 24.2 Å². The number of benzene rings is 1. The van der Waals surface area contributed by atoms with Crippen molar-refractivity contribution in [3.8, 4) is 5.75 Å². The molecule has 0 unspecified atom stereocenters. The minimum absolute atomic E-state index is 0.303. The van der Waals surface area contributed by atoms with Crippen LogP contribution in [0.5, 0.6) is 5.75 Å². The lowest BCUT2D eigenvalue weighted by molar-refractivity contribution is 0.0258. The number of hydrogen-bond acceptors (Lipinski definition) is 4. The van der Waals surface area contributed by atoms with Gasteiger partial charge in [0.15, 0.2) is 0 Å². The molecule has 0 spiro atoms. The van der Waals surface area contributed by atoms with Crippen LogP contribution in [0.15, 0.2) is 18.2 Å². The van der Waals surface area contributed by atoms with Crippen LogP contribution in [0.25, 0.3) is 0 Å². The van der Waals surface area contributed by atoms with E-state index in [0.717, 1.165) is 11.1 Å². The van der Waals surface area contributed by atoms with Crippen LogP contribution in [0.1, 0.15) is 31.9 Å². The van der Waals surface area contributed by atoms with Crippen molar-refractivity contribution in [3.63, 3.8) is 0 Å². The van der Waals surface area contributed by atoms with E-state index in [0.29, 0.717) is 31.7 Å². The summed E-state index contributed by atoms with van der Waals surface area (Å²) in [5.41, 5.74) is 1.59. The second-order valence-corrected chi connectivity index (χ2v) is 6.27. The second kappa shape index (κ2) is 6.25. The normalized spacial score (nSPS) is 14.8. The predicted octanol–water partition coefficient (Wildman–Crippen LogP) is 3.08. The minimum Gasteiger partial charge on any atom is -0.449 e. The molecule has 0 saturated heterocycles. The van der Waals surface area contributed by atoms with E-state index in [1.54, 1.807) is 17.0 Å². The molecule has 22 heavy (non-hydrogen) atoms. The molecule has 1 aromatic rings. The highest BCUT2D eigenvalue weighted by molar-refractivity contribution is 5.68. The number of amides is 1. The molecule has 6 heteroatoms. The number of hydrogen-bond donors (Lipinski definition) is 1. The quantitative estimate of drug-likeness (QED) is 0.637. The third kappa shape index (κ3) is 4.38. The van der Waals surface area contributed by atoms with Crippen molar-refractivity contribution in [2.75, 3.05) is 13.1 Å². The van der Waals surface area contributed by atoms with Gasteiger partial charge in [-0.2, -0.15) is 0 Å². The number of fused-ring (bicyclic) bond motifs is 1. The van der Waals surface area contributed by atoms with Gasteiger partial charge in [0, 0.05) is 13.1 Å². The number of rotatable bonds is 1. The molecule has 1 heterocycles. The van der Waals surface area contributed by atoms with Crippen LogP contribution in [-0.2, 0) is 17.6 Å². The molecule has 1 aliphatic rings. The summed E-state index contributed by atoms with van der Waals surface area (Å²) in [6.07, 6.45) is -0.292. The Kier molecular flexibility index (Phi) is 4.59. The first kappa shape index (κ1) is 16.1. The Morgan fingerprint density at radius 2 is 1.77 bits per heavy atom. The first-order valence-electron chi connectivity index (χ1n) is 7.25. The zero-order valence-electron chi connectivity index (χ0n) is 13.1. The summed E-state index contributed by atoms with van der Waals surface area (Å²) in [7, 11) is 0. The topological polar surface area (TPSA) is 76.1 Å². The van der Waals surface area contributed by atoms with Gasteiger partial charge < -0.3 is 19.5 Å². The standard InChI is InChI=1S/C16H21NO5/c1-16(2,3)22-14(18)17-8-6-11-4-5-13(21-15(19)20)10-12(11)7-9-17/h4-5,10H,6-9H2,1-3H3,(H,19,20). The van der Waals surface area contributed by atoms with E-state index in [9.17, 15) is 9.59 Å². The van der Waals surface area contributed by atoms with E-state index < -0.39 is 11.8 Å².